The Kier molecular flexibility index (Phi) is 5.22. The topological polar surface area (TPSA) is 69.9 Å². The Bertz CT molecular complexity index is 803. The van der Waals surface area contributed by atoms with Crippen LogP contribution in [0.5, 0.6) is 5.75 Å². The number of ketones is 1. The van der Waals surface area contributed by atoms with Crippen molar-refractivity contribution in [2.24, 2.45) is 7.05 Å². The number of aromatic nitrogens is 4. The quantitative estimate of drug-likeness (QED) is 0.486. The standard InChI is InChI=1S/C17H16N4O2S/c1-21-17(18-19-20-21)24-12-16(22)14-7-9-15(10-8-14)23-11-13-5-3-2-4-6-13/h2-10H,11-12H2,1H3. The van der Waals surface area contributed by atoms with Gasteiger partial charge in [-0.1, -0.05) is 42.1 Å². The Morgan fingerprint density at radius 2 is 1.88 bits per heavy atom. The monoisotopic (exact) mass is 340 g/mol. The van der Waals surface area contributed by atoms with E-state index < -0.39 is 0 Å². The molecule has 1 aromatic heterocycles. The average Bonchev–Trinajstić information content (AvgIpc) is 3.04. The van der Waals surface area contributed by atoms with Crippen LogP contribution in [-0.4, -0.2) is 31.7 Å². The molecule has 0 saturated heterocycles. The highest BCUT2D eigenvalue weighted by Crippen LogP contribution is 2.18. The van der Waals surface area contributed by atoms with Gasteiger partial charge in [0.1, 0.15) is 12.4 Å². The zero-order valence-corrected chi connectivity index (χ0v) is 13.9. The minimum atomic E-state index is 0.0256. The zero-order chi connectivity index (χ0) is 16.8. The maximum atomic E-state index is 12.2. The molecule has 24 heavy (non-hydrogen) atoms. The molecule has 0 aliphatic carbocycles. The van der Waals surface area contributed by atoms with E-state index in [1.54, 1.807) is 23.9 Å². The number of carbonyl (C=O) groups is 1. The first-order valence-electron chi connectivity index (χ1n) is 7.37. The van der Waals surface area contributed by atoms with E-state index in [0.29, 0.717) is 23.1 Å². The molecule has 0 aliphatic rings. The first kappa shape index (κ1) is 16.2. The fourth-order valence-electron chi connectivity index (χ4n) is 2.03. The van der Waals surface area contributed by atoms with Crippen molar-refractivity contribution in [3.63, 3.8) is 0 Å². The lowest BCUT2D eigenvalue weighted by Crippen LogP contribution is -2.04. The first-order valence-corrected chi connectivity index (χ1v) is 8.36. The van der Waals surface area contributed by atoms with E-state index in [4.69, 9.17) is 4.74 Å². The summed E-state index contributed by atoms with van der Waals surface area (Å²) in [5, 5.41) is 11.7. The number of hydrogen-bond acceptors (Lipinski definition) is 6. The van der Waals surface area contributed by atoms with Crippen molar-refractivity contribution in [2.75, 3.05) is 5.75 Å². The third-order valence-corrected chi connectivity index (χ3v) is 4.35. The Morgan fingerprint density at radius 1 is 1.12 bits per heavy atom. The van der Waals surface area contributed by atoms with Crippen LogP contribution in [0.2, 0.25) is 0 Å². The van der Waals surface area contributed by atoms with Gasteiger partial charge in [-0.2, -0.15) is 0 Å². The molecular weight excluding hydrogens is 324 g/mol. The summed E-state index contributed by atoms with van der Waals surface area (Å²) in [6.45, 7) is 0.503. The summed E-state index contributed by atoms with van der Waals surface area (Å²) in [5.41, 5.74) is 1.75. The fraction of sp³-hybridized carbons (Fsp3) is 0.176. The smallest absolute Gasteiger partial charge is 0.209 e. The number of ether oxygens (including phenoxy) is 1. The highest BCUT2D eigenvalue weighted by molar-refractivity contribution is 7.99. The molecule has 2 aromatic carbocycles. The molecule has 7 heteroatoms. The summed E-state index contributed by atoms with van der Waals surface area (Å²) in [6.07, 6.45) is 0. The molecule has 0 radical (unpaired) electrons. The number of benzene rings is 2. The fourth-order valence-corrected chi connectivity index (χ4v) is 2.78. The Labute approximate surface area is 143 Å². The number of Topliss-reactive ketones (excluding diaryl/α,β-unsaturated/α-hetero) is 1. The van der Waals surface area contributed by atoms with E-state index in [0.717, 1.165) is 11.3 Å². The molecule has 122 valence electrons. The molecule has 0 unspecified atom stereocenters. The van der Waals surface area contributed by atoms with Gasteiger partial charge in [0, 0.05) is 12.6 Å². The molecule has 0 bridgehead atoms. The van der Waals surface area contributed by atoms with E-state index in [1.165, 1.54) is 11.8 Å². The second kappa shape index (κ2) is 7.74. The molecule has 0 aliphatic heterocycles. The second-order valence-electron chi connectivity index (χ2n) is 5.10. The van der Waals surface area contributed by atoms with Gasteiger partial charge in [0.05, 0.1) is 5.75 Å². The molecule has 0 saturated carbocycles. The van der Waals surface area contributed by atoms with E-state index in [-0.39, 0.29) is 5.78 Å². The predicted molar refractivity (Wildman–Crippen MR) is 91.1 cm³/mol. The van der Waals surface area contributed by atoms with Crippen molar-refractivity contribution in [3.05, 3.63) is 65.7 Å². The van der Waals surface area contributed by atoms with Gasteiger partial charge in [-0.25, -0.2) is 4.68 Å². The van der Waals surface area contributed by atoms with Gasteiger partial charge in [-0.15, -0.1) is 5.10 Å². The van der Waals surface area contributed by atoms with E-state index in [2.05, 4.69) is 15.5 Å². The Balaban J connectivity index is 1.53. The van der Waals surface area contributed by atoms with Gasteiger partial charge < -0.3 is 4.74 Å². The summed E-state index contributed by atoms with van der Waals surface area (Å²) < 4.78 is 7.26. The number of tetrazole rings is 1. The third kappa shape index (κ3) is 4.20. The molecule has 1 heterocycles. The minimum Gasteiger partial charge on any atom is -0.489 e. The van der Waals surface area contributed by atoms with Crippen molar-refractivity contribution in [1.82, 2.24) is 20.2 Å². The maximum absolute atomic E-state index is 12.2. The molecular formula is C17H16N4O2S. The number of thioether (sulfide) groups is 1. The van der Waals surface area contributed by atoms with Crippen LogP contribution in [0.15, 0.2) is 59.8 Å². The number of nitrogens with zero attached hydrogens (tertiary/aromatic N) is 4. The maximum Gasteiger partial charge on any atom is 0.209 e. The summed E-state index contributed by atoms with van der Waals surface area (Å²) in [4.78, 5) is 12.2. The SMILES string of the molecule is Cn1nnnc1SCC(=O)c1ccc(OCc2ccccc2)cc1. The number of carbonyl (C=O) groups excluding carboxylic acids is 1. The van der Waals surface area contributed by atoms with Gasteiger partial charge in [0.2, 0.25) is 5.16 Å². The van der Waals surface area contributed by atoms with Crippen molar-refractivity contribution in [1.29, 1.82) is 0 Å². The molecule has 0 fully saturated rings. The van der Waals surface area contributed by atoms with Gasteiger partial charge in [-0.05, 0) is 40.3 Å². The lowest BCUT2D eigenvalue weighted by Gasteiger charge is -2.07. The molecule has 3 aromatic rings. The highest BCUT2D eigenvalue weighted by atomic mass is 32.2. The molecule has 0 spiro atoms. The summed E-state index contributed by atoms with van der Waals surface area (Å²) in [7, 11) is 1.74. The normalized spacial score (nSPS) is 10.5. The lowest BCUT2D eigenvalue weighted by atomic mass is 10.1. The molecule has 0 atom stereocenters. The minimum absolute atomic E-state index is 0.0256. The molecule has 6 nitrogen and oxygen atoms in total. The highest BCUT2D eigenvalue weighted by Gasteiger charge is 2.10. The predicted octanol–water partition coefficient (Wildman–Crippen LogP) is 2.76. The Morgan fingerprint density at radius 3 is 2.54 bits per heavy atom. The molecule has 3 rings (SSSR count). The van der Waals surface area contributed by atoms with Gasteiger partial charge >= 0.3 is 0 Å². The third-order valence-electron chi connectivity index (χ3n) is 3.34. The zero-order valence-electron chi connectivity index (χ0n) is 13.1. The largest absolute Gasteiger partial charge is 0.489 e. The summed E-state index contributed by atoms with van der Waals surface area (Å²) >= 11 is 1.31. The number of aryl methyl sites for hydroxylation is 1. The second-order valence-corrected chi connectivity index (χ2v) is 6.04. The average molecular weight is 340 g/mol. The van der Waals surface area contributed by atoms with Crippen LogP contribution in [0, 0.1) is 0 Å². The number of rotatable bonds is 7. The van der Waals surface area contributed by atoms with Gasteiger partial charge in [-0.3, -0.25) is 4.79 Å². The lowest BCUT2D eigenvalue weighted by molar-refractivity contribution is 0.102. The van der Waals surface area contributed by atoms with E-state index in [9.17, 15) is 4.79 Å². The van der Waals surface area contributed by atoms with Crippen LogP contribution in [-0.2, 0) is 13.7 Å². The van der Waals surface area contributed by atoms with Crippen LogP contribution < -0.4 is 4.74 Å². The van der Waals surface area contributed by atoms with Crippen LogP contribution in [0.4, 0.5) is 0 Å². The van der Waals surface area contributed by atoms with E-state index >= 15 is 0 Å². The first-order chi connectivity index (χ1) is 11.7. The summed E-state index contributed by atoms with van der Waals surface area (Å²) in [5.74, 6) is 1.05. The summed E-state index contributed by atoms with van der Waals surface area (Å²) in [6, 6.07) is 17.1. The van der Waals surface area contributed by atoms with Crippen molar-refractivity contribution < 1.29 is 9.53 Å². The Hall–Kier alpha value is -2.67. The van der Waals surface area contributed by atoms with Gasteiger partial charge in [0.15, 0.2) is 5.78 Å². The van der Waals surface area contributed by atoms with Crippen LogP contribution in [0.1, 0.15) is 15.9 Å². The van der Waals surface area contributed by atoms with Crippen LogP contribution >= 0.6 is 11.8 Å². The molecule has 0 N–H and O–H groups in total. The van der Waals surface area contributed by atoms with E-state index in [1.807, 2.05) is 42.5 Å². The van der Waals surface area contributed by atoms with Crippen molar-refractivity contribution >= 4 is 17.5 Å². The number of hydrogen-bond donors (Lipinski definition) is 0. The van der Waals surface area contributed by atoms with Crippen molar-refractivity contribution in [2.45, 2.75) is 11.8 Å². The van der Waals surface area contributed by atoms with Gasteiger partial charge in [0.25, 0.3) is 0 Å². The van der Waals surface area contributed by atoms with Crippen LogP contribution in [0.25, 0.3) is 0 Å². The van der Waals surface area contributed by atoms with Crippen molar-refractivity contribution in [3.8, 4) is 5.75 Å². The molecule has 0 amide bonds. The van der Waals surface area contributed by atoms with Crippen LogP contribution in [0.3, 0.4) is 0 Å².